The number of aliphatic carboxylic acids is 1. The van der Waals surface area contributed by atoms with Gasteiger partial charge in [-0.25, -0.2) is 4.39 Å². The molecule has 3 rings (SSSR count). The van der Waals surface area contributed by atoms with Crippen molar-refractivity contribution in [2.24, 2.45) is 5.92 Å². The number of carbonyl (C=O) groups is 2. The molecule has 0 radical (unpaired) electrons. The summed E-state index contributed by atoms with van der Waals surface area (Å²) in [6.07, 6.45) is 0.518. The van der Waals surface area contributed by atoms with E-state index in [1.807, 2.05) is 12.1 Å². The number of likely N-dealkylation sites (tertiary alicyclic amines) is 1. The Morgan fingerprint density at radius 3 is 2.42 bits per heavy atom. The molecule has 1 fully saturated rings. The van der Waals surface area contributed by atoms with Gasteiger partial charge in [-0.3, -0.25) is 9.59 Å². The Kier molecular flexibility index (Phi) is 5.21. The predicted molar refractivity (Wildman–Crippen MR) is 93.3 cm³/mol. The Labute approximate surface area is 151 Å². The highest BCUT2D eigenvalue weighted by Gasteiger charge is 2.42. The van der Waals surface area contributed by atoms with Crippen LogP contribution in [0.2, 0.25) is 0 Å². The lowest BCUT2D eigenvalue weighted by atomic mass is 9.79. The minimum absolute atomic E-state index is 0.350. The zero-order valence-corrected chi connectivity index (χ0v) is 14.4. The highest BCUT2D eigenvalue weighted by molar-refractivity contribution is 5.98. The summed E-state index contributed by atoms with van der Waals surface area (Å²) in [4.78, 5) is 26.1. The standard InChI is InChI=1S/C20H20FNO4/c1-26-16-8-2-13(3-9-16)12-22-11-10-17(18(19(22)23)20(24)25)14-4-6-15(21)7-5-14/h2-9,17-18H,10-12H2,1H3,(H,24,25)/t17-,18-/m1/s1. The first kappa shape index (κ1) is 17.9. The molecule has 1 N–H and O–H groups in total. The third-order valence-corrected chi connectivity index (χ3v) is 4.79. The van der Waals surface area contributed by atoms with Crippen LogP contribution in [0.25, 0.3) is 0 Å². The number of carboxylic acids is 1. The zero-order chi connectivity index (χ0) is 18.7. The van der Waals surface area contributed by atoms with Gasteiger partial charge in [0.25, 0.3) is 0 Å². The number of hydrogen-bond donors (Lipinski definition) is 1. The maximum Gasteiger partial charge on any atom is 0.316 e. The number of amides is 1. The van der Waals surface area contributed by atoms with E-state index in [0.29, 0.717) is 25.1 Å². The molecule has 1 amide bonds. The van der Waals surface area contributed by atoms with Gasteiger partial charge in [-0.2, -0.15) is 0 Å². The fourth-order valence-corrected chi connectivity index (χ4v) is 3.40. The normalized spacial score (nSPS) is 20.1. The molecule has 2 aromatic rings. The molecule has 6 heteroatoms. The topological polar surface area (TPSA) is 66.8 Å². The van der Waals surface area contributed by atoms with E-state index in [0.717, 1.165) is 11.3 Å². The van der Waals surface area contributed by atoms with Crippen molar-refractivity contribution in [1.82, 2.24) is 4.90 Å². The van der Waals surface area contributed by atoms with Crippen molar-refractivity contribution in [2.45, 2.75) is 18.9 Å². The molecule has 5 nitrogen and oxygen atoms in total. The van der Waals surface area contributed by atoms with Crippen LogP contribution in [0.3, 0.4) is 0 Å². The summed E-state index contributed by atoms with van der Waals surface area (Å²) in [6, 6.07) is 13.0. The van der Waals surface area contributed by atoms with Crippen LogP contribution in [-0.4, -0.2) is 35.5 Å². The lowest BCUT2D eigenvalue weighted by Crippen LogP contribution is -2.47. The van der Waals surface area contributed by atoms with Gasteiger partial charge in [0.2, 0.25) is 5.91 Å². The van der Waals surface area contributed by atoms with Crippen molar-refractivity contribution in [1.29, 1.82) is 0 Å². The Morgan fingerprint density at radius 1 is 1.19 bits per heavy atom. The number of methoxy groups -OCH3 is 1. The van der Waals surface area contributed by atoms with Gasteiger partial charge in [-0.05, 0) is 41.8 Å². The third-order valence-electron chi connectivity index (χ3n) is 4.79. The fraction of sp³-hybridized carbons (Fsp3) is 0.300. The van der Waals surface area contributed by atoms with Crippen LogP contribution in [0.4, 0.5) is 4.39 Å². The summed E-state index contributed by atoms with van der Waals surface area (Å²) < 4.78 is 18.3. The minimum Gasteiger partial charge on any atom is -0.497 e. The van der Waals surface area contributed by atoms with Crippen LogP contribution in [-0.2, 0) is 16.1 Å². The van der Waals surface area contributed by atoms with Crippen LogP contribution in [0.5, 0.6) is 5.75 Å². The molecule has 1 aliphatic heterocycles. The Morgan fingerprint density at radius 2 is 1.85 bits per heavy atom. The number of carboxylic acid groups (broad SMARTS) is 1. The molecular weight excluding hydrogens is 337 g/mol. The van der Waals surface area contributed by atoms with E-state index in [1.165, 1.54) is 12.1 Å². The van der Waals surface area contributed by atoms with E-state index in [-0.39, 0.29) is 5.82 Å². The second-order valence-electron chi connectivity index (χ2n) is 6.37. The summed E-state index contributed by atoms with van der Waals surface area (Å²) in [5.41, 5.74) is 1.58. The molecule has 1 aliphatic rings. The van der Waals surface area contributed by atoms with Crippen molar-refractivity contribution in [2.75, 3.05) is 13.7 Å². The molecular formula is C20H20FNO4. The largest absolute Gasteiger partial charge is 0.497 e. The first-order valence-corrected chi connectivity index (χ1v) is 8.39. The number of carbonyl (C=O) groups excluding carboxylic acids is 1. The number of ether oxygens (including phenoxy) is 1. The number of rotatable bonds is 5. The fourth-order valence-electron chi connectivity index (χ4n) is 3.40. The van der Waals surface area contributed by atoms with Crippen molar-refractivity contribution < 1.29 is 23.8 Å². The van der Waals surface area contributed by atoms with Crippen LogP contribution in [0.1, 0.15) is 23.5 Å². The van der Waals surface area contributed by atoms with Crippen LogP contribution in [0.15, 0.2) is 48.5 Å². The lowest BCUT2D eigenvalue weighted by Gasteiger charge is -2.36. The average molecular weight is 357 g/mol. The lowest BCUT2D eigenvalue weighted by molar-refractivity contribution is -0.155. The first-order chi connectivity index (χ1) is 12.5. The first-order valence-electron chi connectivity index (χ1n) is 8.39. The maximum absolute atomic E-state index is 13.1. The summed E-state index contributed by atoms with van der Waals surface area (Å²) in [5, 5.41) is 9.61. The summed E-state index contributed by atoms with van der Waals surface area (Å²) >= 11 is 0. The van der Waals surface area contributed by atoms with Gasteiger partial charge in [0.1, 0.15) is 17.5 Å². The molecule has 1 saturated heterocycles. The highest BCUT2D eigenvalue weighted by Crippen LogP contribution is 2.35. The van der Waals surface area contributed by atoms with Crippen LogP contribution in [0, 0.1) is 11.7 Å². The molecule has 0 bridgehead atoms. The molecule has 0 aliphatic carbocycles. The van der Waals surface area contributed by atoms with Crippen molar-refractivity contribution in [3.8, 4) is 5.75 Å². The highest BCUT2D eigenvalue weighted by atomic mass is 19.1. The molecule has 26 heavy (non-hydrogen) atoms. The second-order valence-corrected chi connectivity index (χ2v) is 6.37. The predicted octanol–water partition coefficient (Wildman–Crippen LogP) is 3.05. The minimum atomic E-state index is -1.16. The van der Waals surface area contributed by atoms with Crippen molar-refractivity contribution >= 4 is 11.9 Å². The number of hydrogen-bond acceptors (Lipinski definition) is 3. The SMILES string of the molecule is COc1ccc(CN2CC[C@H](c3ccc(F)cc3)[C@@H](C(=O)O)C2=O)cc1. The van der Waals surface area contributed by atoms with Gasteiger partial charge in [-0.1, -0.05) is 24.3 Å². The van der Waals surface area contributed by atoms with Crippen molar-refractivity contribution in [3.63, 3.8) is 0 Å². The Bertz CT molecular complexity index is 788. The van der Waals surface area contributed by atoms with E-state index in [1.54, 1.807) is 36.3 Å². The van der Waals surface area contributed by atoms with E-state index in [9.17, 15) is 19.1 Å². The Hall–Kier alpha value is -2.89. The van der Waals surface area contributed by atoms with Crippen molar-refractivity contribution in [3.05, 3.63) is 65.5 Å². The van der Waals surface area contributed by atoms with Gasteiger partial charge in [0.05, 0.1) is 7.11 Å². The van der Waals surface area contributed by atoms with Gasteiger partial charge >= 0.3 is 5.97 Å². The molecule has 2 aromatic carbocycles. The van der Waals surface area contributed by atoms with E-state index < -0.39 is 23.7 Å². The quantitative estimate of drug-likeness (QED) is 0.835. The molecule has 1 heterocycles. The average Bonchev–Trinajstić information content (AvgIpc) is 2.64. The monoisotopic (exact) mass is 357 g/mol. The number of nitrogens with zero attached hydrogens (tertiary/aromatic N) is 1. The van der Waals surface area contributed by atoms with E-state index in [2.05, 4.69) is 0 Å². The summed E-state index contributed by atoms with van der Waals surface area (Å²) in [7, 11) is 1.58. The van der Waals surface area contributed by atoms with E-state index in [4.69, 9.17) is 4.74 Å². The Balaban J connectivity index is 1.78. The van der Waals surface area contributed by atoms with Crippen LogP contribution < -0.4 is 4.74 Å². The molecule has 0 saturated carbocycles. The molecule has 0 aromatic heterocycles. The van der Waals surface area contributed by atoms with E-state index >= 15 is 0 Å². The molecule has 136 valence electrons. The van der Waals surface area contributed by atoms with Crippen LogP contribution >= 0.6 is 0 Å². The number of halogens is 1. The third kappa shape index (κ3) is 3.69. The smallest absolute Gasteiger partial charge is 0.316 e. The van der Waals surface area contributed by atoms with Gasteiger partial charge in [0.15, 0.2) is 0 Å². The summed E-state index contributed by atoms with van der Waals surface area (Å²) in [6.45, 7) is 0.805. The van der Waals surface area contributed by atoms with Gasteiger partial charge < -0.3 is 14.7 Å². The second kappa shape index (κ2) is 7.56. The molecule has 0 unspecified atom stereocenters. The number of benzene rings is 2. The number of piperidine rings is 1. The molecule has 0 spiro atoms. The summed E-state index contributed by atoms with van der Waals surface area (Å²) in [5.74, 6) is -2.83. The van der Waals surface area contributed by atoms with Gasteiger partial charge in [0, 0.05) is 19.0 Å². The maximum atomic E-state index is 13.1. The molecule has 2 atom stereocenters. The van der Waals surface area contributed by atoms with Gasteiger partial charge in [-0.15, -0.1) is 0 Å². The zero-order valence-electron chi connectivity index (χ0n) is 14.4.